The highest BCUT2D eigenvalue weighted by molar-refractivity contribution is 7.21. The van der Waals surface area contributed by atoms with Gasteiger partial charge in [-0.25, -0.2) is 9.97 Å². The number of ether oxygens (including phenoxy) is 1. The van der Waals surface area contributed by atoms with E-state index in [1.807, 2.05) is 6.92 Å². The van der Waals surface area contributed by atoms with Gasteiger partial charge in [-0.05, 0) is 56.9 Å². The molecular formula is C27H23N7O2S. The molecule has 0 aliphatic heterocycles. The fraction of sp³-hybridized carbons (Fsp3) is 0.296. The number of pyridine rings is 1. The lowest BCUT2D eigenvalue weighted by Gasteiger charge is -2.23. The zero-order valence-corrected chi connectivity index (χ0v) is 21.2. The number of nitriles is 2. The van der Waals surface area contributed by atoms with Crippen molar-refractivity contribution in [2.24, 2.45) is 5.92 Å². The van der Waals surface area contributed by atoms with Crippen LogP contribution >= 0.6 is 11.3 Å². The molecule has 9 nitrogen and oxygen atoms in total. The number of hydrogen-bond acceptors (Lipinski definition) is 9. The van der Waals surface area contributed by atoms with Gasteiger partial charge in [-0.2, -0.15) is 15.5 Å². The van der Waals surface area contributed by atoms with Crippen LogP contribution in [0.5, 0.6) is 5.75 Å². The molecule has 3 heterocycles. The van der Waals surface area contributed by atoms with E-state index in [9.17, 15) is 10.1 Å². The summed E-state index contributed by atoms with van der Waals surface area (Å²) < 4.78 is 5.50. The molecular weight excluding hydrogens is 486 g/mol. The summed E-state index contributed by atoms with van der Waals surface area (Å²) in [6.07, 6.45) is 6.85. The number of fused-ring (bicyclic) bond motifs is 1. The quantitative estimate of drug-likeness (QED) is 0.378. The van der Waals surface area contributed by atoms with Gasteiger partial charge in [0.05, 0.1) is 42.3 Å². The zero-order valence-electron chi connectivity index (χ0n) is 20.4. The molecule has 37 heavy (non-hydrogen) atoms. The van der Waals surface area contributed by atoms with E-state index in [2.05, 4.69) is 32.4 Å². The van der Waals surface area contributed by atoms with Gasteiger partial charge >= 0.3 is 0 Å². The molecule has 0 unspecified atom stereocenters. The Labute approximate surface area is 217 Å². The fourth-order valence-electron chi connectivity index (χ4n) is 4.62. The summed E-state index contributed by atoms with van der Waals surface area (Å²) in [4.78, 5) is 32.0. The van der Waals surface area contributed by atoms with E-state index in [-0.39, 0.29) is 17.7 Å². The first kappa shape index (κ1) is 24.3. The topological polar surface area (TPSA) is 137 Å². The number of nitrogens with zero attached hydrogens (tertiary/aromatic N) is 6. The van der Waals surface area contributed by atoms with Crippen molar-refractivity contribution >= 4 is 32.9 Å². The lowest BCUT2D eigenvalue weighted by Crippen LogP contribution is -2.14. The van der Waals surface area contributed by atoms with Crippen molar-refractivity contribution in [2.75, 3.05) is 12.4 Å². The standard InChI is InChI=1S/C27H23N7O2S/c1-15-9-19(20-10-17(12-29)5-8-23(20)36-2)21(13-30-15)25(35)34-27-33-24-26(37-27)32-22(14-31-24)18-6-3-16(11-28)4-7-18/h5,8-10,13-14,16,18H,3-4,6-7H2,1-2H3,(H,31,33,34,35). The number of thiazole rings is 1. The average molecular weight is 510 g/mol. The first-order valence-electron chi connectivity index (χ1n) is 11.9. The van der Waals surface area contributed by atoms with Crippen LogP contribution in [0.1, 0.15) is 58.9 Å². The third kappa shape index (κ3) is 4.97. The number of aryl methyl sites for hydroxylation is 1. The highest BCUT2D eigenvalue weighted by atomic mass is 32.1. The second-order valence-electron chi connectivity index (χ2n) is 8.97. The molecule has 0 saturated heterocycles. The number of carbonyl (C=O) groups excluding carboxylic acids is 1. The summed E-state index contributed by atoms with van der Waals surface area (Å²) in [5.74, 6) is 0.563. The Morgan fingerprint density at radius 1 is 1.08 bits per heavy atom. The second-order valence-corrected chi connectivity index (χ2v) is 9.95. The number of amides is 1. The van der Waals surface area contributed by atoms with Crippen molar-refractivity contribution in [3.8, 4) is 29.0 Å². The third-order valence-electron chi connectivity index (χ3n) is 6.59. The fourth-order valence-corrected chi connectivity index (χ4v) is 5.42. The van der Waals surface area contributed by atoms with E-state index >= 15 is 0 Å². The smallest absolute Gasteiger partial charge is 0.259 e. The van der Waals surface area contributed by atoms with Crippen LogP contribution in [0.4, 0.5) is 5.13 Å². The molecule has 1 aliphatic carbocycles. The van der Waals surface area contributed by atoms with Gasteiger partial charge in [-0.15, -0.1) is 0 Å². The highest BCUT2D eigenvalue weighted by Crippen LogP contribution is 2.36. The molecule has 1 aliphatic rings. The first-order chi connectivity index (χ1) is 18.0. The van der Waals surface area contributed by atoms with Crippen LogP contribution in [0.3, 0.4) is 0 Å². The van der Waals surface area contributed by atoms with Crippen LogP contribution in [0, 0.1) is 35.5 Å². The molecule has 0 bridgehead atoms. The summed E-state index contributed by atoms with van der Waals surface area (Å²) >= 11 is 1.26. The molecule has 0 atom stereocenters. The van der Waals surface area contributed by atoms with E-state index in [0.717, 1.165) is 37.1 Å². The van der Waals surface area contributed by atoms with Crippen LogP contribution in [0.15, 0.2) is 36.7 Å². The number of methoxy groups -OCH3 is 1. The summed E-state index contributed by atoms with van der Waals surface area (Å²) in [5.41, 5.74) is 4.11. The summed E-state index contributed by atoms with van der Waals surface area (Å²) in [5, 5.41) is 21.8. The van der Waals surface area contributed by atoms with Crippen molar-refractivity contribution in [1.29, 1.82) is 10.5 Å². The maximum Gasteiger partial charge on any atom is 0.259 e. The Bertz CT molecular complexity index is 1580. The van der Waals surface area contributed by atoms with Crippen LogP contribution in [0.2, 0.25) is 0 Å². The Hall–Kier alpha value is -4.41. The molecule has 1 saturated carbocycles. The number of nitrogens with one attached hydrogen (secondary N) is 1. The van der Waals surface area contributed by atoms with E-state index in [1.54, 1.807) is 37.6 Å². The van der Waals surface area contributed by atoms with Crippen molar-refractivity contribution in [3.05, 3.63) is 59.2 Å². The predicted octanol–water partition coefficient (Wildman–Crippen LogP) is 5.39. The van der Waals surface area contributed by atoms with Gasteiger partial charge in [0, 0.05) is 34.9 Å². The van der Waals surface area contributed by atoms with Gasteiger partial charge in [0.2, 0.25) is 0 Å². The Morgan fingerprint density at radius 3 is 2.62 bits per heavy atom. The molecule has 1 fully saturated rings. The predicted molar refractivity (Wildman–Crippen MR) is 139 cm³/mol. The minimum atomic E-state index is -0.388. The number of rotatable bonds is 5. The number of anilines is 1. The van der Waals surface area contributed by atoms with E-state index < -0.39 is 0 Å². The van der Waals surface area contributed by atoms with E-state index in [4.69, 9.17) is 15.0 Å². The first-order valence-corrected chi connectivity index (χ1v) is 12.7. The number of carbonyl (C=O) groups is 1. The average Bonchev–Trinajstić information content (AvgIpc) is 3.34. The largest absolute Gasteiger partial charge is 0.496 e. The summed E-state index contributed by atoms with van der Waals surface area (Å²) in [7, 11) is 1.54. The molecule has 184 valence electrons. The molecule has 0 spiro atoms. The Morgan fingerprint density at radius 2 is 1.89 bits per heavy atom. The van der Waals surface area contributed by atoms with E-state index in [0.29, 0.717) is 43.6 Å². The molecule has 1 aromatic carbocycles. The molecule has 4 aromatic rings. The molecule has 5 rings (SSSR count). The van der Waals surface area contributed by atoms with Crippen LogP contribution in [-0.2, 0) is 0 Å². The van der Waals surface area contributed by atoms with Crippen molar-refractivity contribution < 1.29 is 9.53 Å². The van der Waals surface area contributed by atoms with Gasteiger partial charge in [-0.3, -0.25) is 15.1 Å². The monoisotopic (exact) mass is 509 g/mol. The Balaban J connectivity index is 1.42. The summed E-state index contributed by atoms with van der Waals surface area (Å²) in [6.45, 7) is 1.83. The van der Waals surface area contributed by atoms with Gasteiger partial charge in [0.1, 0.15) is 5.75 Å². The van der Waals surface area contributed by atoms with Gasteiger partial charge in [0.25, 0.3) is 5.91 Å². The van der Waals surface area contributed by atoms with Crippen molar-refractivity contribution in [3.63, 3.8) is 0 Å². The molecule has 1 N–H and O–H groups in total. The minimum Gasteiger partial charge on any atom is -0.496 e. The SMILES string of the molecule is COc1ccc(C#N)cc1-c1cc(C)ncc1C(=O)Nc1nc2ncc(C3CCC(C#N)CC3)nc2s1. The second kappa shape index (κ2) is 10.3. The van der Waals surface area contributed by atoms with Gasteiger partial charge < -0.3 is 4.74 Å². The lowest BCUT2D eigenvalue weighted by atomic mass is 9.81. The number of aromatic nitrogens is 4. The van der Waals surface area contributed by atoms with E-state index in [1.165, 1.54) is 17.5 Å². The Kier molecular flexibility index (Phi) is 6.76. The molecule has 10 heteroatoms. The normalized spacial score (nSPS) is 17.1. The summed E-state index contributed by atoms with van der Waals surface area (Å²) in [6, 6.07) is 11.4. The molecule has 3 aromatic heterocycles. The van der Waals surface area contributed by atoms with Crippen LogP contribution in [0.25, 0.3) is 21.6 Å². The number of benzene rings is 1. The van der Waals surface area contributed by atoms with Gasteiger partial charge in [0.15, 0.2) is 15.6 Å². The highest BCUT2D eigenvalue weighted by Gasteiger charge is 2.24. The maximum absolute atomic E-state index is 13.4. The van der Waals surface area contributed by atoms with Crippen LogP contribution < -0.4 is 10.1 Å². The maximum atomic E-state index is 13.4. The van der Waals surface area contributed by atoms with Crippen LogP contribution in [-0.4, -0.2) is 33.0 Å². The van der Waals surface area contributed by atoms with Crippen molar-refractivity contribution in [2.45, 2.75) is 38.5 Å². The van der Waals surface area contributed by atoms with Crippen molar-refractivity contribution in [1.82, 2.24) is 19.9 Å². The van der Waals surface area contributed by atoms with Gasteiger partial charge in [-0.1, -0.05) is 11.3 Å². The number of hydrogen-bond donors (Lipinski definition) is 1. The molecule has 1 amide bonds. The zero-order chi connectivity index (χ0) is 25.9. The molecule has 0 radical (unpaired) electrons. The minimum absolute atomic E-state index is 0.127. The lowest BCUT2D eigenvalue weighted by molar-refractivity contribution is 0.102. The third-order valence-corrected chi connectivity index (χ3v) is 7.45.